The summed E-state index contributed by atoms with van der Waals surface area (Å²) in [5, 5.41) is 5.06. The first-order valence-electron chi connectivity index (χ1n) is 8.60. The zero-order valence-corrected chi connectivity index (χ0v) is 15.4. The van der Waals surface area contributed by atoms with E-state index in [-0.39, 0.29) is 29.5 Å². The molecule has 0 radical (unpaired) electrons. The van der Waals surface area contributed by atoms with Crippen LogP contribution in [-0.2, 0) is 6.54 Å². The Morgan fingerprint density at radius 3 is 2.77 bits per heavy atom. The van der Waals surface area contributed by atoms with Crippen molar-refractivity contribution in [2.45, 2.75) is 32.0 Å². The van der Waals surface area contributed by atoms with Crippen LogP contribution in [0.4, 0.5) is 26.7 Å². The number of hydrogen-bond donors (Lipinski definition) is 2. The maximum Gasteiger partial charge on any atom is 0.586 e. The average Bonchev–Trinajstić information content (AvgIpc) is 2.98. The normalized spacial score (nSPS) is 15.4. The molecule has 2 aromatic rings. The van der Waals surface area contributed by atoms with Gasteiger partial charge in [0.15, 0.2) is 18.1 Å². The molecular formula is C18H16F5N3O4. The van der Waals surface area contributed by atoms with E-state index in [0.29, 0.717) is 5.56 Å². The fraction of sp³-hybridized carbons (Fsp3) is 0.333. The average molecular weight is 433 g/mol. The molecule has 0 spiro atoms. The molecule has 12 heteroatoms. The molecular weight excluding hydrogens is 417 g/mol. The minimum absolute atomic E-state index is 0.0337. The van der Waals surface area contributed by atoms with E-state index >= 15 is 0 Å². The summed E-state index contributed by atoms with van der Waals surface area (Å²) in [5.41, 5.74) is 0.730. The Morgan fingerprint density at radius 2 is 2.03 bits per heavy atom. The highest BCUT2D eigenvalue weighted by Gasteiger charge is 2.44. The topological polar surface area (TPSA) is 81.7 Å². The fourth-order valence-corrected chi connectivity index (χ4v) is 2.63. The van der Waals surface area contributed by atoms with Gasteiger partial charge in [0.25, 0.3) is 0 Å². The van der Waals surface area contributed by atoms with Crippen LogP contribution in [0.5, 0.6) is 17.4 Å². The second-order valence-corrected chi connectivity index (χ2v) is 6.30. The summed E-state index contributed by atoms with van der Waals surface area (Å²) in [4.78, 5) is 15.8. The number of fused-ring (bicyclic) bond motifs is 1. The molecule has 30 heavy (non-hydrogen) atoms. The number of rotatable bonds is 6. The first-order valence-corrected chi connectivity index (χ1v) is 8.60. The van der Waals surface area contributed by atoms with Crippen molar-refractivity contribution in [2.75, 3.05) is 6.61 Å². The zero-order valence-electron chi connectivity index (χ0n) is 15.4. The molecule has 0 fully saturated rings. The van der Waals surface area contributed by atoms with Crippen molar-refractivity contribution in [3.05, 3.63) is 47.7 Å². The minimum Gasteiger partial charge on any atom is -0.468 e. The van der Waals surface area contributed by atoms with Gasteiger partial charge in [-0.3, -0.25) is 0 Å². The van der Waals surface area contributed by atoms with E-state index in [2.05, 4.69) is 29.8 Å². The molecule has 0 saturated heterocycles. The van der Waals surface area contributed by atoms with Gasteiger partial charge >= 0.3 is 18.5 Å². The third-order valence-corrected chi connectivity index (χ3v) is 3.91. The lowest BCUT2D eigenvalue weighted by atomic mass is 10.1. The highest BCUT2D eigenvalue weighted by molar-refractivity contribution is 5.74. The first-order chi connectivity index (χ1) is 14.0. The third-order valence-electron chi connectivity index (χ3n) is 3.91. The SMILES string of the molecule is CC(NC(=O)NCc1ccnc(OCC(F)(F)F)c1)c1cccc2c1OC(F)(F)O2. The number of para-hydroxylation sites is 1. The van der Waals surface area contributed by atoms with Gasteiger partial charge in [-0.1, -0.05) is 12.1 Å². The number of ether oxygens (including phenoxy) is 3. The molecule has 0 saturated carbocycles. The van der Waals surface area contributed by atoms with Crippen LogP contribution in [0.2, 0.25) is 0 Å². The van der Waals surface area contributed by atoms with Gasteiger partial charge in [-0.15, -0.1) is 8.78 Å². The molecule has 1 unspecified atom stereocenters. The standard InChI is InChI=1S/C18H16F5N3O4/c1-10(12-3-2-4-13-15(12)30-18(22,23)29-13)26-16(27)25-8-11-5-6-24-14(7-11)28-9-17(19,20)21/h2-7,10H,8-9H2,1H3,(H2,25,26,27). The number of nitrogens with one attached hydrogen (secondary N) is 2. The van der Waals surface area contributed by atoms with Gasteiger partial charge in [-0.25, -0.2) is 9.78 Å². The number of pyridine rings is 1. The van der Waals surface area contributed by atoms with Crippen LogP contribution in [-0.4, -0.2) is 30.1 Å². The van der Waals surface area contributed by atoms with Crippen LogP contribution in [0.15, 0.2) is 36.5 Å². The summed E-state index contributed by atoms with van der Waals surface area (Å²) < 4.78 is 76.6. The molecule has 1 aliphatic heterocycles. The highest BCUT2D eigenvalue weighted by atomic mass is 19.4. The van der Waals surface area contributed by atoms with Crippen LogP contribution < -0.4 is 24.8 Å². The molecule has 7 nitrogen and oxygen atoms in total. The number of carbonyl (C=O) groups excluding carboxylic acids is 1. The third kappa shape index (κ3) is 5.61. The van der Waals surface area contributed by atoms with E-state index in [4.69, 9.17) is 0 Å². The lowest BCUT2D eigenvalue weighted by Crippen LogP contribution is -2.36. The maximum atomic E-state index is 13.3. The second kappa shape index (κ2) is 8.20. The van der Waals surface area contributed by atoms with Crippen molar-refractivity contribution in [1.82, 2.24) is 15.6 Å². The number of aromatic nitrogens is 1. The first kappa shape index (κ1) is 21.4. The van der Waals surface area contributed by atoms with Gasteiger partial charge in [0.1, 0.15) is 0 Å². The van der Waals surface area contributed by atoms with Gasteiger partial charge in [-0.2, -0.15) is 13.2 Å². The van der Waals surface area contributed by atoms with Crippen molar-refractivity contribution < 1.29 is 41.0 Å². The highest BCUT2D eigenvalue weighted by Crippen LogP contribution is 2.44. The van der Waals surface area contributed by atoms with Crippen molar-refractivity contribution >= 4 is 6.03 Å². The van der Waals surface area contributed by atoms with Crippen LogP contribution in [0, 0.1) is 0 Å². The molecule has 2 N–H and O–H groups in total. The molecule has 1 atom stereocenters. The van der Waals surface area contributed by atoms with E-state index in [9.17, 15) is 26.7 Å². The van der Waals surface area contributed by atoms with Gasteiger partial charge in [0.2, 0.25) is 5.88 Å². The summed E-state index contributed by atoms with van der Waals surface area (Å²) in [6, 6.07) is 5.69. The number of alkyl halides is 5. The summed E-state index contributed by atoms with van der Waals surface area (Å²) in [6.07, 6.45) is -7.04. The molecule has 2 heterocycles. The zero-order chi connectivity index (χ0) is 21.9. The number of nitrogens with zero attached hydrogens (tertiary/aromatic N) is 1. The van der Waals surface area contributed by atoms with E-state index in [0.717, 1.165) is 0 Å². The molecule has 1 aromatic carbocycles. The van der Waals surface area contributed by atoms with Gasteiger partial charge in [-0.05, 0) is 24.6 Å². The molecule has 162 valence electrons. The smallest absolute Gasteiger partial charge is 0.468 e. The minimum atomic E-state index is -4.50. The largest absolute Gasteiger partial charge is 0.586 e. The molecule has 0 aliphatic carbocycles. The van der Waals surface area contributed by atoms with Gasteiger partial charge in [0, 0.05) is 24.4 Å². The predicted octanol–water partition coefficient (Wildman–Crippen LogP) is 3.90. The number of urea groups is 1. The van der Waals surface area contributed by atoms with Crippen LogP contribution >= 0.6 is 0 Å². The summed E-state index contributed by atoms with van der Waals surface area (Å²) in [5.74, 6) is -0.552. The molecule has 2 amide bonds. The van der Waals surface area contributed by atoms with E-state index in [1.807, 2.05) is 0 Å². The van der Waals surface area contributed by atoms with Crippen molar-refractivity contribution in [2.24, 2.45) is 0 Å². The Kier molecular flexibility index (Phi) is 5.85. The monoisotopic (exact) mass is 433 g/mol. The van der Waals surface area contributed by atoms with Crippen molar-refractivity contribution in [3.63, 3.8) is 0 Å². The second-order valence-electron chi connectivity index (χ2n) is 6.30. The van der Waals surface area contributed by atoms with E-state index in [1.54, 1.807) is 6.92 Å². The molecule has 1 aromatic heterocycles. The van der Waals surface area contributed by atoms with Crippen molar-refractivity contribution in [3.8, 4) is 17.4 Å². The van der Waals surface area contributed by atoms with Crippen LogP contribution in [0.25, 0.3) is 0 Å². The number of amides is 2. The lowest BCUT2D eigenvalue weighted by Gasteiger charge is -2.17. The number of benzene rings is 1. The summed E-state index contributed by atoms with van der Waals surface area (Å²) in [6.45, 7) is 0.0413. The number of carbonyl (C=O) groups is 1. The van der Waals surface area contributed by atoms with Crippen LogP contribution in [0.1, 0.15) is 24.1 Å². The van der Waals surface area contributed by atoms with E-state index in [1.165, 1.54) is 36.5 Å². The molecule has 3 rings (SSSR count). The molecule has 0 bridgehead atoms. The Labute approximate surface area is 167 Å². The lowest BCUT2D eigenvalue weighted by molar-refractivity contribution is -0.287. The van der Waals surface area contributed by atoms with Gasteiger partial charge in [0.05, 0.1) is 6.04 Å². The number of hydrogen-bond acceptors (Lipinski definition) is 5. The Bertz CT molecular complexity index is 923. The quantitative estimate of drug-likeness (QED) is 0.676. The predicted molar refractivity (Wildman–Crippen MR) is 92.2 cm³/mol. The maximum absolute atomic E-state index is 13.3. The fourth-order valence-electron chi connectivity index (χ4n) is 2.63. The number of halogens is 5. The van der Waals surface area contributed by atoms with Gasteiger partial charge < -0.3 is 24.8 Å². The Morgan fingerprint density at radius 1 is 1.27 bits per heavy atom. The summed E-state index contributed by atoms with van der Waals surface area (Å²) in [7, 11) is 0. The van der Waals surface area contributed by atoms with Crippen LogP contribution in [0.3, 0.4) is 0 Å². The summed E-state index contributed by atoms with van der Waals surface area (Å²) >= 11 is 0. The van der Waals surface area contributed by atoms with E-state index < -0.39 is 31.2 Å². The van der Waals surface area contributed by atoms with Crippen molar-refractivity contribution in [1.29, 1.82) is 0 Å². The Hall–Kier alpha value is -3.31. The molecule has 1 aliphatic rings. The Balaban J connectivity index is 1.55.